The standard InChI is InChI=1S/C12H6Cl3NO2/c13-8(10(14)15)6-9-12(17)18-11(16-9)7-4-2-1-3-5-7/h1-6H/b9-6+. The fourth-order valence-corrected chi connectivity index (χ4v) is 1.50. The van der Waals surface area contributed by atoms with Gasteiger partial charge in [0.1, 0.15) is 4.49 Å². The Kier molecular flexibility index (Phi) is 4.07. The molecule has 0 aromatic heterocycles. The molecular formula is C12H6Cl3NO2. The fraction of sp³-hybridized carbons (Fsp3) is 0. The first kappa shape index (κ1) is 13.1. The van der Waals surface area contributed by atoms with Gasteiger partial charge in [-0.05, 0) is 18.2 Å². The molecular weight excluding hydrogens is 296 g/mol. The Morgan fingerprint density at radius 2 is 1.83 bits per heavy atom. The maximum absolute atomic E-state index is 11.5. The molecule has 0 amide bonds. The number of hydrogen-bond acceptors (Lipinski definition) is 3. The number of carbonyl (C=O) groups is 1. The van der Waals surface area contributed by atoms with E-state index in [0.29, 0.717) is 5.56 Å². The van der Waals surface area contributed by atoms with Crippen LogP contribution in [0, 0.1) is 0 Å². The maximum atomic E-state index is 11.5. The van der Waals surface area contributed by atoms with Crippen molar-refractivity contribution >= 4 is 46.7 Å². The van der Waals surface area contributed by atoms with Crippen molar-refractivity contribution in [1.29, 1.82) is 0 Å². The highest BCUT2D eigenvalue weighted by Crippen LogP contribution is 2.23. The van der Waals surface area contributed by atoms with Crippen molar-refractivity contribution in [1.82, 2.24) is 0 Å². The summed E-state index contributed by atoms with van der Waals surface area (Å²) < 4.78 is 4.88. The lowest BCUT2D eigenvalue weighted by atomic mass is 10.2. The molecule has 1 heterocycles. The summed E-state index contributed by atoms with van der Waals surface area (Å²) in [7, 11) is 0. The van der Waals surface area contributed by atoms with Gasteiger partial charge in [0.2, 0.25) is 5.90 Å². The minimum absolute atomic E-state index is 0.0309. The average Bonchev–Trinajstić information content (AvgIpc) is 2.72. The van der Waals surface area contributed by atoms with Crippen LogP contribution in [0.15, 0.2) is 56.6 Å². The van der Waals surface area contributed by atoms with Gasteiger partial charge in [-0.15, -0.1) is 0 Å². The van der Waals surface area contributed by atoms with Crippen LogP contribution in [0.5, 0.6) is 0 Å². The zero-order chi connectivity index (χ0) is 13.1. The van der Waals surface area contributed by atoms with E-state index in [0.717, 1.165) is 0 Å². The molecule has 1 aliphatic rings. The van der Waals surface area contributed by atoms with E-state index < -0.39 is 5.97 Å². The Labute approximate surface area is 118 Å². The number of ether oxygens (including phenoxy) is 1. The molecule has 0 bridgehead atoms. The number of halogens is 3. The number of benzene rings is 1. The normalized spacial score (nSPS) is 16.5. The van der Waals surface area contributed by atoms with Crippen LogP contribution in [0.1, 0.15) is 5.56 Å². The third kappa shape index (κ3) is 2.93. The second-order valence-corrected chi connectivity index (χ2v) is 4.67. The lowest BCUT2D eigenvalue weighted by Gasteiger charge is -1.97. The molecule has 0 fully saturated rings. The van der Waals surface area contributed by atoms with Crippen molar-refractivity contribution in [2.45, 2.75) is 0 Å². The van der Waals surface area contributed by atoms with Gasteiger partial charge in [0.15, 0.2) is 5.70 Å². The van der Waals surface area contributed by atoms with Gasteiger partial charge in [0.05, 0.1) is 5.03 Å². The molecule has 0 radical (unpaired) electrons. The van der Waals surface area contributed by atoms with E-state index >= 15 is 0 Å². The minimum Gasteiger partial charge on any atom is -0.402 e. The smallest absolute Gasteiger partial charge is 0.363 e. The second kappa shape index (κ2) is 5.57. The van der Waals surface area contributed by atoms with Gasteiger partial charge in [-0.3, -0.25) is 0 Å². The molecule has 6 heteroatoms. The monoisotopic (exact) mass is 301 g/mol. The van der Waals surface area contributed by atoms with E-state index in [4.69, 9.17) is 39.5 Å². The van der Waals surface area contributed by atoms with Gasteiger partial charge < -0.3 is 4.74 Å². The number of cyclic esters (lactones) is 1. The summed E-state index contributed by atoms with van der Waals surface area (Å²) in [5.41, 5.74) is 0.754. The van der Waals surface area contributed by atoms with Crippen molar-refractivity contribution in [2.24, 2.45) is 4.99 Å². The summed E-state index contributed by atoms with van der Waals surface area (Å²) in [4.78, 5) is 15.6. The highest BCUT2D eigenvalue weighted by molar-refractivity contribution is 6.59. The van der Waals surface area contributed by atoms with Gasteiger partial charge in [-0.25, -0.2) is 9.79 Å². The predicted molar refractivity (Wildman–Crippen MR) is 71.7 cm³/mol. The van der Waals surface area contributed by atoms with Crippen molar-refractivity contribution in [2.75, 3.05) is 0 Å². The second-order valence-electron chi connectivity index (χ2n) is 3.31. The van der Waals surface area contributed by atoms with Crippen LogP contribution in [0.25, 0.3) is 0 Å². The summed E-state index contributed by atoms with van der Waals surface area (Å²) >= 11 is 16.7. The zero-order valence-electron chi connectivity index (χ0n) is 8.86. The number of esters is 1. The molecule has 92 valence electrons. The lowest BCUT2D eigenvalue weighted by molar-refractivity contribution is -0.130. The Balaban J connectivity index is 2.34. The summed E-state index contributed by atoms with van der Waals surface area (Å²) in [5, 5.41) is 0.0309. The molecule has 18 heavy (non-hydrogen) atoms. The lowest BCUT2D eigenvalue weighted by Crippen LogP contribution is -2.04. The number of allylic oxidation sites excluding steroid dienone is 2. The van der Waals surface area contributed by atoms with Crippen LogP contribution in [0.4, 0.5) is 0 Å². The molecule has 0 spiro atoms. The fourth-order valence-electron chi connectivity index (χ4n) is 1.29. The van der Waals surface area contributed by atoms with Gasteiger partial charge in [-0.2, -0.15) is 0 Å². The molecule has 1 aromatic rings. The summed E-state index contributed by atoms with van der Waals surface area (Å²) in [6.07, 6.45) is 1.26. The Morgan fingerprint density at radius 1 is 1.17 bits per heavy atom. The average molecular weight is 303 g/mol. The Hall–Kier alpha value is -1.29. The van der Waals surface area contributed by atoms with Crippen LogP contribution in [-0.4, -0.2) is 11.9 Å². The van der Waals surface area contributed by atoms with E-state index in [2.05, 4.69) is 4.99 Å². The van der Waals surface area contributed by atoms with E-state index in [1.807, 2.05) is 18.2 Å². The van der Waals surface area contributed by atoms with Gasteiger partial charge in [0.25, 0.3) is 0 Å². The SMILES string of the molecule is O=C1OC(c2ccccc2)=N/C1=C/C(Cl)=C(Cl)Cl. The van der Waals surface area contributed by atoms with Crippen LogP contribution >= 0.6 is 34.8 Å². The van der Waals surface area contributed by atoms with Crippen LogP contribution < -0.4 is 0 Å². The molecule has 0 unspecified atom stereocenters. The molecule has 0 aliphatic carbocycles. The van der Waals surface area contributed by atoms with Crippen LogP contribution in [-0.2, 0) is 9.53 Å². The zero-order valence-corrected chi connectivity index (χ0v) is 11.1. The number of rotatable bonds is 2. The first-order valence-corrected chi connectivity index (χ1v) is 6.00. The number of carbonyl (C=O) groups excluding carboxylic acids is 1. The van der Waals surface area contributed by atoms with Crippen LogP contribution in [0.2, 0.25) is 0 Å². The first-order valence-electron chi connectivity index (χ1n) is 4.86. The largest absolute Gasteiger partial charge is 0.402 e. The maximum Gasteiger partial charge on any atom is 0.363 e. The summed E-state index contributed by atoms with van der Waals surface area (Å²) in [6, 6.07) is 9.04. The molecule has 0 saturated carbocycles. The highest BCUT2D eigenvalue weighted by Gasteiger charge is 2.24. The number of nitrogens with zero attached hydrogens (tertiary/aromatic N) is 1. The molecule has 1 aromatic carbocycles. The van der Waals surface area contributed by atoms with E-state index in [9.17, 15) is 4.79 Å². The van der Waals surface area contributed by atoms with E-state index in [-0.39, 0.29) is 21.1 Å². The molecule has 3 nitrogen and oxygen atoms in total. The van der Waals surface area contributed by atoms with E-state index in [1.165, 1.54) is 6.08 Å². The van der Waals surface area contributed by atoms with Crippen molar-refractivity contribution in [3.05, 3.63) is 57.2 Å². The quantitative estimate of drug-likeness (QED) is 0.616. The van der Waals surface area contributed by atoms with Crippen molar-refractivity contribution in [3.63, 3.8) is 0 Å². The van der Waals surface area contributed by atoms with Gasteiger partial charge >= 0.3 is 5.97 Å². The predicted octanol–water partition coefficient (Wildman–Crippen LogP) is 3.76. The third-order valence-corrected chi connectivity index (χ3v) is 2.98. The molecule has 2 rings (SSSR count). The number of aliphatic imine (C=N–C) groups is 1. The highest BCUT2D eigenvalue weighted by atomic mass is 35.5. The molecule has 1 aliphatic heterocycles. The minimum atomic E-state index is -0.596. The molecule has 0 N–H and O–H groups in total. The van der Waals surface area contributed by atoms with Gasteiger partial charge in [-0.1, -0.05) is 53.0 Å². The van der Waals surface area contributed by atoms with E-state index in [1.54, 1.807) is 12.1 Å². The first-order chi connectivity index (χ1) is 8.58. The Morgan fingerprint density at radius 3 is 2.44 bits per heavy atom. The summed E-state index contributed by atoms with van der Waals surface area (Å²) in [5.74, 6) is -0.372. The number of hydrogen-bond donors (Lipinski definition) is 0. The summed E-state index contributed by atoms with van der Waals surface area (Å²) in [6.45, 7) is 0. The van der Waals surface area contributed by atoms with Crippen molar-refractivity contribution < 1.29 is 9.53 Å². The van der Waals surface area contributed by atoms with Gasteiger partial charge in [0, 0.05) is 5.56 Å². The molecule has 0 saturated heterocycles. The van der Waals surface area contributed by atoms with Crippen LogP contribution in [0.3, 0.4) is 0 Å². The Bertz CT molecular complexity index is 572. The van der Waals surface area contributed by atoms with Crippen molar-refractivity contribution in [3.8, 4) is 0 Å². The molecule has 0 atom stereocenters. The third-order valence-electron chi connectivity index (χ3n) is 2.09. The topological polar surface area (TPSA) is 38.7 Å².